The maximum Gasteiger partial charge on any atom is 0.217 e. The molecule has 0 saturated carbocycles. The molecule has 0 aromatic rings. The maximum atomic E-state index is 12.8. The second kappa shape index (κ2) is 41.9. The molecule has 32 N–H and O–H groups in total. The van der Waals surface area contributed by atoms with E-state index in [1.807, 2.05) is 0 Å². The summed E-state index contributed by atoms with van der Waals surface area (Å²) in [4.78, 5) is 24.9. The highest BCUT2D eigenvalue weighted by molar-refractivity contribution is 5.73. The Hall–Kier alpha value is -3.02. The zero-order valence-electron chi connectivity index (χ0n) is 61.9. The van der Waals surface area contributed by atoms with E-state index in [-0.39, 0.29) is 0 Å². The highest BCUT2D eigenvalue weighted by atomic mass is 16.8. The van der Waals surface area contributed by atoms with Gasteiger partial charge in [-0.3, -0.25) is 9.59 Å². The second-order valence-electron chi connectivity index (χ2n) is 29.5. The van der Waals surface area contributed by atoms with Gasteiger partial charge in [-0.25, -0.2) is 0 Å². The molecule has 10 aliphatic heterocycles. The lowest BCUT2D eigenvalue weighted by Crippen LogP contribution is -2.70. The molecular formula is C64H108N2O51. The smallest absolute Gasteiger partial charge is 0.217 e. The molecule has 53 nitrogen and oxygen atoms in total. The van der Waals surface area contributed by atoms with E-state index in [2.05, 4.69) is 10.6 Å². The van der Waals surface area contributed by atoms with E-state index in [1.54, 1.807) is 0 Å². The van der Waals surface area contributed by atoms with E-state index in [4.69, 9.17) is 90.0 Å². The van der Waals surface area contributed by atoms with Crippen molar-refractivity contribution in [1.29, 1.82) is 0 Å². The van der Waals surface area contributed by atoms with Crippen LogP contribution in [0.2, 0.25) is 0 Å². The molecule has 53 heteroatoms. The Kier molecular flexibility index (Phi) is 34.4. The third kappa shape index (κ3) is 20.6. The summed E-state index contributed by atoms with van der Waals surface area (Å²) in [5.74, 6) is -1.68. The zero-order valence-corrected chi connectivity index (χ0v) is 61.9. The van der Waals surface area contributed by atoms with Crippen LogP contribution in [0.1, 0.15) is 13.8 Å². The van der Waals surface area contributed by atoms with Crippen LogP contribution < -0.4 is 10.6 Å². The van der Waals surface area contributed by atoms with E-state index >= 15 is 0 Å². The highest BCUT2D eigenvalue weighted by Crippen LogP contribution is 2.41. The van der Waals surface area contributed by atoms with Gasteiger partial charge in [0.2, 0.25) is 11.8 Å². The predicted octanol–water partition coefficient (Wildman–Crippen LogP) is -22.5. The first-order valence-corrected chi connectivity index (χ1v) is 37.2. The summed E-state index contributed by atoms with van der Waals surface area (Å²) in [6.45, 7) is -9.12. The van der Waals surface area contributed by atoms with Crippen molar-refractivity contribution in [2.24, 2.45) is 0 Å². The molecular weight excluding hydrogens is 1610 g/mol. The number of amides is 2. The number of hydrogen-bond acceptors (Lipinski definition) is 51. The molecule has 10 aliphatic rings. The Morgan fingerprint density at radius 2 is 0.462 bits per heavy atom. The van der Waals surface area contributed by atoms with E-state index < -0.39 is 385 Å². The van der Waals surface area contributed by atoms with Crippen LogP contribution in [0.15, 0.2) is 0 Å². The number of carbonyl (C=O) groups excluding carboxylic acids is 2. The lowest BCUT2D eigenvalue weighted by Gasteiger charge is -2.51. The molecule has 0 bridgehead atoms. The number of aliphatic hydroxyl groups excluding tert-OH is 30. The van der Waals surface area contributed by atoms with Crippen molar-refractivity contribution < 1.29 is 253 Å². The average Bonchev–Trinajstić information content (AvgIpc) is 0.765. The van der Waals surface area contributed by atoms with Crippen molar-refractivity contribution in [1.82, 2.24) is 10.6 Å². The Morgan fingerprint density at radius 3 is 0.829 bits per heavy atom. The number of nitrogens with one attached hydrogen (secondary N) is 2. The largest absolute Gasteiger partial charge is 0.394 e. The normalized spacial score (nSPS) is 51.5. The quantitative estimate of drug-likeness (QED) is 0.0318. The van der Waals surface area contributed by atoms with Gasteiger partial charge >= 0.3 is 0 Å². The molecule has 10 heterocycles. The average molecular weight is 1720 g/mol. The molecule has 117 heavy (non-hydrogen) atoms. The Bertz CT molecular complexity index is 3050. The molecule has 0 aromatic heterocycles. The van der Waals surface area contributed by atoms with E-state index in [9.17, 15) is 163 Å². The van der Waals surface area contributed by atoms with Crippen LogP contribution in [0.3, 0.4) is 0 Å². The summed E-state index contributed by atoms with van der Waals surface area (Å²) in [6.07, 6.45) is -103. The minimum atomic E-state index is -2.56. The number of hydrogen-bond donors (Lipinski definition) is 32. The fraction of sp³-hybridized carbons (Fsp3) is 0.969. The first-order valence-electron chi connectivity index (χ1n) is 37.2. The van der Waals surface area contributed by atoms with Crippen molar-refractivity contribution in [3.8, 4) is 0 Å². The molecule has 1 unspecified atom stereocenters. The summed E-state index contributed by atoms with van der Waals surface area (Å²) >= 11 is 0. The van der Waals surface area contributed by atoms with Gasteiger partial charge in [0, 0.05) is 13.8 Å². The number of ether oxygens (including phenoxy) is 19. The minimum absolute atomic E-state index is 0.773. The highest BCUT2D eigenvalue weighted by Gasteiger charge is 2.62. The minimum Gasteiger partial charge on any atom is -0.394 e. The number of aliphatic hydroxyl groups is 30. The predicted molar refractivity (Wildman–Crippen MR) is 353 cm³/mol. The Balaban J connectivity index is 0.923. The van der Waals surface area contributed by atoms with E-state index in [0.29, 0.717) is 0 Å². The van der Waals surface area contributed by atoms with Gasteiger partial charge in [0.25, 0.3) is 0 Å². The van der Waals surface area contributed by atoms with Crippen LogP contribution in [0.4, 0.5) is 0 Å². The third-order valence-corrected chi connectivity index (χ3v) is 21.7. The first kappa shape index (κ1) is 96.2. The summed E-state index contributed by atoms with van der Waals surface area (Å²) in [6, 6.07) is -3.48. The van der Waals surface area contributed by atoms with Crippen molar-refractivity contribution in [2.75, 3.05) is 66.1 Å². The number of rotatable bonds is 30. The molecule has 50 atom stereocenters. The van der Waals surface area contributed by atoms with Crippen LogP contribution >= 0.6 is 0 Å². The van der Waals surface area contributed by atoms with Gasteiger partial charge in [-0.1, -0.05) is 0 Å². The monoisotopic (exact) mass is 1720 g/mol. The lowest BCUT2D eigenvalue weighted by molar-refractivity contribution is -0.413. The molecule has 2 amide bonds. The maximum absolute atomic E-state index is 12.8. The summed E-state index contributed by atoms with van der Waals surface area (Å²) in [7, 11) is 0. The zero-order chi connectivity index (χ0) is 85.9. The standard InChI is InChI=1S/C64H108N2O51/c1-13(76)65-25-35(86)47(22(10-74)100-55(25)98)110-56-26(66-14(2)77)36(87)48(23(11-75)108-56)111-59-45(96)50(33(84)20(8-72)103-59)114-64-54(41(92)31(82)24(109-64)12-99-57-42(93)37(88)27(78)15(3-67)101-57)117-63-53(40(91)30(81)18(6-70)107-63)116-61-44(95)49(32(83)19(7-71)105-61)112-60-46(97)51(34(85)21(9-73)104-60)113-62-52(39(90)29(80)17(5-69)106-62)115-58-43(94)38(89)28(79)16(4-68)102-58/h15-64,67-75,78-98H,3-12H2,1-2H3,(H,65,76)(H,66,77)/t15-,16-,17-,18-,19-,20-,21-,22-,23-,24-,25+,26-,27-,28-,29-,30-,31-,32-,33-,34-,35-,36-,37+,38+,39+,40+,41+,42+,43-,44+,45+,46-,47-,48-,49+,50+,51+,52-,53+,54+,55?,56+,57+,58-,59+,60-,61-,62-,63-,64-/m1/s1. The van der Waals surface area contributed by atoms with Crippen molar-refractivity contribution in [3.63, 3.8) is 0 Å². The number of carbonyl (C=O) groups is 2. The second-order valence-corrected chi connectivity index (χ2v) is 29.5. The first-order chi connectivity index (χ1) is 55.5. The molecule has 10 rings (SSSR count). The van der Waals surface area contributed by atoms with Gasteiger partial charge in [0.1, 0.15) is 244 Å². The Morgan fingerprint density at radius 1 is 0.222 bits per heavy atom. The molecule has 0 aromatic carbocycles. The van der Waals surface area contributed by atoms with E-state index in [1.165, 1.54) is 0 Å². The van der Waals surface area contributed by atoms with Gasteiger partial charge in [0.05, 0.1) is 66.1 Å². The van der Waals surface area contributed by atoms with Crippen molar-refractivity contribution in [3.05, 3.63) is 0 Å². The van der Waals surface area contributed by atoms with Crippen LogP contribution in [0, 0.1) is 0 Å². The molecule has 10 fully saturated rings. The van der Waals surface area contributed by atoms with Crippen molar-refractivity contribution in [2.45, 2.75) is 321 Å². The summed E-state index contributed by atoms with van der Waals surface area (Å²) in [5, 5.41) is 337. The summed E-state index contributed by atoms with van der Waals surface area (Å²) in [5.41, 5.74) is 0. The molecule has 0 aliphatic carbocycles. The van der Waals surface area contributed by atoms with Gasteiger partial charge in [-0.05, 0) is 0 Å². The summed E-state index contributed by atoms with van der Waals surface area (Å²) < 4.78 is 110. The van der Waals surface area contributed by atoms with Crippen molar-refractivity contribution >= 4 is 11.8 Å². The molecule has 10 saturated heterocycles. The van der Waals surface area contributed by atoms with Crippen LogP contribution in [-0.4, -0.2) is 538 Å². The van der Waals surface area contributed by atoms with Gasteiger partial charge in [0.15, 0.2) is 62.9 Å². The fourth-order valence-electron chi connectivity index (χ4n) is 15.1. The third-order valence-electron chi connectivity index (χ3n) is 21.7. The molecule has 0 radical (unpaired) electrons. The van der Waals surface area contributed by atoms with E-state index in [0.717, 1.165) is 13.8 Å². The SMILES string of the molecule is CC(=O)N[C@H]1[C@H](O[C@H]2[C@H](O)[C@H](NC(C)=O)C(O)O[C@@H]2CO)O[C@H](CO)[C@@H](O[C@@H]2O[C@H](CO)[C@@H](O)[C@H](O[C@H]3O[C@H](CO[C@H]4O[C@H](CO)[C@@H](O)[C@H](O)[C@@H]4O)[C@@H](O)[C@H](O)[C@@H]3O[C@H]3O[C@H](CO)[C@@H](O)[C@H](O)[C@@H]3O[C@H]3O[C@H](CO)[C@@H](O)[C@H](O[C@H]4O[C@H](CO)[C@@H](O)[C@H](O[C@H]5O[C@H](CO)[C@@H](O)[C@H](O)[C@H]5O[C@H]5O[C@H](CO)[C@@H](O)[C@H](O)[C@H]5O)[C@H]4O)[C@@H]3O)[C@@H]2O)[C@@H]1O. The Labute approximate surface area is 660 Å². The molecule has 0 spiro atoms. The van der Waals surface area contributed by atoms with Gasteiger partial charge < -0.3 is 254 Å². The fourth-order valence-corrected chi connectivity index (χ4v) is 15.1. The van der Waals surface area contributed by atoms with Crippen LogP contribution in [-0.2, 0) is 99.6 Å². The topological polar surface area (TPSA) is 840 Å². The molecule has 680 valence electrons. The van der Waals surface area contributed by atoms with Gasteiger partial charge in [-0.2, -0.15) is 0 Å². The van der Waals surface area contributed by atoms with Gasteiger partial charge in [-0.15, -0.1) is 0 Å². The van der Waals surface area contributed by atoms with Crippen LogP contribution in [0.5, 0.6) is 0 Å². The van der Waals surface area contributed by atoms with Crippen LogP contribution in [0.25, 0.3) is 0 Å². The lowest BCUT2D eigenvalue weighted by atomic mass is 9.94.